The van der Waals surface area contributed by atoms with Crippen LogP contribution in [0.1, 0.15) is 54.5 Å². The maximum atomic E-state index is 12.3. The van der Waals surface area contributed by atoms with Gasteiger partial charge in [-0.25, -0.2) is 9.97 Å². The zero-order chi connectivity index (χ0) is 19.5. The Morgan fingerprint density at radius 2 is 2.18 bits per heavy atom. The average Bonchev–Trinajstić information content (AvgIpc) is 3.19. The number of hydrogen-bond donors (Lipinski definition) is 0. The van der Waals surface area contributed by atoms with Gasteiger partial charge < -0.3 is 9.80 Å². The fourth-order valence-corrected chi connectivity index (χ4v) is 4.20. The Hall–Kier alpha value is -3.01. The maximum absolute atomic E-state index is 12.3. The Balaban J connectivity index is 1.66. The van der Waals surface area contributed by atoms with Gasteiger partial charge in [0.25, 0.3) is 0 Å². The van der Waals surface area contributed by atoms with Crippen LogP contribution in [0.25, 0.3) is 0 Å². The minimum Gasteiger partial charge on any atom is -0.350 e. The molecule has 144 valence electrons. The van der Waals surface area contributed by atoms with E-state index in [2.05, 4.69) is 9.88 Å². The van der Waals surface area contributed by atoms with Gasteiger partial charge in [-0.2, -0.15) is 5.26 Å². The molecule has 1 amide bonds. The quantitative estimate of drug-likeness (QED) is 0.815. The lowest BCUT2D eigenvalue weighted by Gasteiger charge is -2.32. The monoisotopic (exact) mass is 376 g/mol. The number of amides is 1. The molecule has 1 unspecified atom stereocenters. The van der Waals surface area contributed by atoms with Gasteiger partial charge in [0.05, 0.1) is 24.3 Å². The van der Waals surface area contributed by atoms with Crippen molar-refractivity contribution in [1.29, 1.82) is 5.26 Å². The molecule has 0 aliphatic carbocycles. The van der Waals surface area contributed by atoms with Crippen molar-refractivity contribution in [3.05, 3.63) is 47.2 Å². The number of nitrogens with zero attached hydrogens (tertiary/aromatic N) is 6. The van der Waals surface area contributed by atoms with Crippen molar-refractivity contribution in [2.45, 2.75) is 51.6 Å². The van der Waals surface area contributed by atoms with E-state index in [1.54, 1.807) is 4.90 Å². The van der Waals surface area contributed by atoms with Gasteiger partial charge in [-0.15, -0.1) is 0 Å². The molecule has 2 aromatic rings. The highest BCUT2D eigenvalue weighted by atomic mass is 16.2. The fourth-order valence-electron chi connectivity index (χ4n) is 4.20. The fraction of sp³-hybridized carbons (Fsp3) is 0.476. The summed E-state index contributed by atoms with van der Waals surface area (Å²) >= 11 is 0. The topological polar surface area (TPSA) is 86.0 Å². The van der Waals surface area contributed by atoms with Crippen LogP contribution in [0, 0.1) is 18.3 Å². The summed E-state index contributed by atoms with van der Waals surface area (Å²) < 4.78 is 0. The van der Waals surface area contributed by atoms with E-state index in [0.29, 0.717) is 18.9 Å². The summed E-state index contributed by atoms with van der Waals surface area (Å²) in [5.41, 5.74) is 3.20. The Morgan fingerprint density at radius 3 is 2.96 bits per heavy atom. The molecule has 28 heavy (non-hydrogen) atoms. The minimum atomic E-state index is -0.136. The summed E-state index contributed by atoms with van der Waals surface area (Å²) in [6, 6.07) is 7.78. The zero-order valence-electron chi connectivity index (χ0n) is 16.1. The Bertz CT molecular complexity index is 907. The van der Waals surface area contributed by atoms with E-state index < -0.39 is 0 Å². The smallest absolute Gasteiger partial charge is 0.237 e. The number of carbonyl (C=O) groups is 1. The lowest BCUT2D eigenvalue weighted by Crippen LogP contribution is -2.34. The second kappa shape index (κ2) is 7.93. The lowest BCUT2D eigenvalue weighted by atomic mass is 10.0. The van der Waals surface area contributed by atoms with Gasteiger partial charge in [0.1, 0.15) is 12.2 Å². The molecule has 0 saturated carbocycles. The molecule has 2 aliphatic rings. The van der Waals surface area contributed by atoms with Gasteiger partial charge in [-0.1, -0.05) is 6.07 Å². The number of anilines is 1. The van der Waals surface area contributed by atoms with Crippen molar-refractivity contribution in [3.8, 4) is 6.07 Å². The average molecular weight is 376 g/mol. The van der Waals surface area contributed by atoms with E-state index in [9.17, 15) is 4.79 Å². The molecule has 4 heterocycles. The predicted octanol–water partition coefficient (Wildman–Crippen LogP) is 2.71. The molecule has 0 N–H and O–H groups in total. The Kier molecular flexibility index (Phi) is 5.20. The van der Waals surface area contributed by atoms with E-state index in [0.717, 1.165) is 49.4 Å². The molecular weight excluding hydrogens is 352 g/mol. The number of aryl methyl sites for hydroxylation is 1. The Morgan fingerprint density at radius 1 is 1.29 bits per heavy atom. The number of nitriles is 1. The molecule has 1 fully saturated rings. The highest BCUT2D eigenvalue weighted by Crippen LogP contribution is 2.34. The minimum absolute atomic E-state index is 0.0910. The molecule has 4 rings (SSSR count). The largest absolute Gasteiger partial charge is 0.350 e. The first-order valence-corrected chi connectivity index (χ1v) is 9.86. The first kappa shape index (κ1) is 18.4. The number of rotatable bonds is 4. The van der Waals surface area contributed by atoms with Crippen LogP contribution in [0.2, 0.25) is 0 Å². The SMILES string of the molecule is Cc1nc(C2CCCN2C(=O)CC#N)nc2c1CCCN2Cc1ccccn1. The number of aromatic nitrogens is 3. The third-order valence-electron chi connectivity index (χ3n) is 5.54. The van der Waals surface area contributed by atoms with Crippen molar-refractivity contribution >= 4 is 11.7 Å². The molecule has 0 spiro atoms. The van der Waals surface area contributed by atoms with E-state index >= 15 is 0 Å². The zero-order valence-corrected chi connectivity index (χ0v) is 16.1. The summed E-state index contributed by atoms with van der Waals surface area (Å²) in [6.07, 6.45) is 5.52. The third-order valence-corrected chi connectivity index (χ3v) is 5.54. The first-order chi connectivity index (χ1) is 13.7. The van der Waals surface area contributed by atoms with Crippen molar-refractivity contribution in [1.82, 2.24) is 19.9 Å². The van der Waals surface area contributed by atoms with Crippen LogP contribution >= 0.6 is 0 Å². The van der Waals surface area contributed by atoms with Crippen molar-refractivity contribution in [2.75, 3.05) is 18.0 Å². The van der Waals surface area contributed by atoms with Crippen LogP contribution in [0.15, 0.2) is 24.4 Å². The molecule has 7 nitrogen and oxygen atoms in total. The van der Waals surface area contributed by atoms with Crippen LogP contribution < -0.4 is 4.90 Å². The Labute approximate surface area is 165 Å². The van der Waals surface area contributed by atoms with Crippen molar-refractivity contribution in [3.63, 3.8) is 0 Å². The number of likely N-dealkylation sites (tertiary alicyclic amines) is 1. The van der Waals surface area contributed by atoms with Crippen molar-refractivity contribution < 1.29 is 4.79 Å². The standard InChI is InChI=1S/C21H24N6O/c1-15-17-7-4-12-26(14-16-6-2-3-11-23-16)21(17)25-20(24-15)18-8-5-13-27(18)19(28)9-10-22/h2-3,6,11,18H,4-5,7-9,12-14H2,1H3. The predicted molar refractivity (Wildman–Crippen MR) is 104 cm³/mol. The molecule has 7 heteroatoms. The van der Waals surface area contributed by atoms with Gasteiger partial charge >= 0.3 is 0 Å². The van der Waals surface area contributed by atoms with Crippen molar-refractivity contribution in [2.24, 2.45) is 0 Å². The molecule has 0 aromatic carbocycles. The van der Waals surface area contributed by atoms with E-state index in [4.69, 9.17) is 15.2 Å². The molecule has 2 aromatic heterocycles. The van der Waals surface area contributed by atoms with Crippen LogP contribution in [0.4, 0.5) is 5.82 Å². The molecule has 0 bridgehead atoms. The second-order valence-electron chi connectivity index (χ2n) is 7.40. The molecule has 2 aliphatic heterocycles. The van der Waals surface area contributed by atoms with Gasteiger partial charge in [0.2, 0.25) is 5.91 Å². The van der Waals surface area contributed by atoms with Crippen LogP contribution in [0.3, 0.4) is 0 Å². The highest BCUT2D eigenvalue weighted by Gasteiger charge is 2.33. The third kappa shape index (κ3) is 3.55. The number of fused-ring (bicyclic) bond motifs is 1. The highest BCUT2D eigenvalue weighted by molar-refractivity contribution is 5.79. The first-order valence-electron chi connectivity index (χ1n) is 9.86. The summed E-state index contributed by atoms with van der Waals surface area (Å²) in [5.74, 6) is 1.54. The van der Waals surface area contributed by atoms with E-state index in [1.165, 1.54) is 5.56 Å². The van der Waals surface area contributed by atoms with Gasteiger partial charge in [0.15, 0.2) is 5.82 Å². The molecule has 1 atom stereocenters. The summed E-state index contributed by atoms with van der Waals surface area (Å²) in [5, 5.41) is 8.89. The second-order valence-corrected chi connectivity index (χ2v) is 7.40. The normalized spacial score (nSPS) is 18.6. The van der Waals surface area contributed by atoms with E-state index in [1.807, 2.05) is 37.4 Å². The molecular formula is C21H24N6O. The van der Waals surface area contributed by atoms with Crippen LogP contribution in [-0.2, 0) is 17.8 Å². The van der Waals surface area contributed by atoms with Crippen LogP contribution in [-0.4, -0.2) is 38.8 Å². The number of carbonyl (C=O) groups excluding carboxylic acids is 1. The molecule has 0 radical (unpaired) electrons. The van der Waals surface area contributed by atoms with E-state index in [-0.39, 0.29) is 18.4 Å². The number of pyridine rings is 1. The lowest BCUT2D eigenvalue weighted by molar-refractivity contribution is -0.131. The van der Waals surface area contributed by atoms with Gasteiger partial charge in [-0.05, 0) is 44.7 Å². The van der Waals surface area contributed by atoms with Crippen LogP contribution in [0.5, 0.6) is 0 Å². The number of hydrogen-bond acceptors (Lipinski definition) is 6. The van der Waals surface area contributed by atoms with Gasteiger partial charge in [0, 0.05) is 30.5 Å². The summed E-state index contributed by atoms with van der Waals surface area (Å²) in [4.78, 5) is 30.5. The summed E-state index contributed by atoms with van der Waals surface area (Å²) in [7, 11) is 0. The van der Waals surface area contributed by atoms with Gasteiger partial charge in [-0.3, -0.25) is 9.78 Å². The maximum Gasteiger partial charge on any atom is 0.237 e. The molecule has 1 saturated heterocycles. The summed E-state index contributed by atoms with van der Waals surface area (Å²) in [6.45, 7) is 4.35.